The second kappa shape index (κ2) is 4.25. The normalized spacial score (nSPS) is 11.7. The van der Waals surface area contributed by atoms with Gasteiger partial charge in [-0.25, -0.2) is 0 Å². The quantitative estimate of drug-likeness (QED) is 0.612. The maximum atomic E-state index is 12.3. The lowest BCUT2D eigenvalue weighted by Gasteiger charge is -2.07. The molecule has 1 aromatic heterocycles. The van der Waals surface area contributed by atoms with E-state index in [0.29, 0.717) is 0 Å². The molecule has 0 aliphatic rings. The van der Waals surface area contributed by atoms with Gasteiger partial charge in [0, 0.05) is 6.07 Å². The Morgan fingerprint density at radius 2 is 1.94 bits per heavy atom. The molecule has 1 aromatic carbocycles. The van der Waals surface area contributed by atoms with E-state index in [1.165, 1.54) is 12.1 Å². The van der Waals surface area contributed by atoms with Gasteiger partial charge in [-0.3, -0.25) is 15.1 Å². The molecule has 0 aliphatic heterocycles. The minimum Gasteiger partial charge on any atom is -0.258 e. The van der Waals surface area contributed by atoms with Crippen molar-refractivity contribution in [1.82, 2.24) is 4.98 Å². The van der Waals surface area contributed by atoms with Crippen molar-refractivity contribution in [3.05, 3.63) is 46.1 Å². The van der Waals surface area contributed by atoms with E-state index in [0.717, 1.165) is 6.07 Å². The molecule has 1 heterocycles. The van der Waals surface area contributed by atoms with Crippen molar-refractivity contribution in [3.8, 4) is 0 Å². The molecule has 4 nitrogen and oxygen atoms in total. The number of fused-ring (bicyclic) bond motifs is 1. The molecule has 7 heteroatoms. The van der Waals surface area contributed by atoms with Crippen LogP contribution in [0.1, 0.15) is 5.69 Å². The van der Waals surface area contributed by atoms with E-state index in [1.807, 2.05) is 0 Å². The number of nitrogens with zero attached hydrogens (tertiary/aromatic N) is 2. The van der Waals surface area contributed by atoms with Gasteiger partial charge in [-0.1, -0.05) is 12.1 Å². The Balaban J connectivity index is 2.61. The van der Waals surface area contributed by atoms with Gasteiger partial charge < -0.3 is 0 Å². The fourth-order valence-electron chi connectivity index (χ4n) is 1.66. The summed E-state index contributed by atoms with van der Waals surface area (Å²) in [5.41, 5.74) is -0.529. The van der Waals surface area contributed by atoms with Crippen LogP contribution in [0.25, 0.3) is 10.9 Å². The van der Waals surface area contributed by atoms with Crippen LogP contribution in [0, 0.1) is 10.1 Å². The number of nitro groups is 1. The maximum absolute atomic E-state index is 12.3. The van der Waals surface area contributed by atoms with Crippen molar-refractivity contribution >= 4 is 16.6 Å². The Hall–Kier alpha value is -2.18. The largest absolute Gasteiger partial charge is 0.394 e. The highest BCUT2D eigenvalue weighted by molar-refractivity contribution is 5.87. The van der Waals surface area contributed by atoms with Crippen LogP contribution in [-0.4, -0.2) is 16.1 Å². The first-order valence-corrected chi connectivity index (χ1v) is 4.96. The van der Waals surface area contributed by atoms with Crippen LogP contribution in [-0.2, 0) is 6.42 Å². The predicted octanol–water partition coefficient (Wildman–Crippen LogP) is 3.25. The van der Waals surface area contributed by atoms with Gasteiger partial charge in [-0.2, -0.15) is 13.2 Å². The van der Waals surface area contributed by atoms with Crippen LogP contribution in [0.3, 0.4) is 0 Å². The number of aromatic nitrogens is 1. The number of pyridine rings is 1. The molecule has 0 spiro atoms. The number of alkyl halides is 3. The third kappa shape index (κ3) is 2.55. The molecule has 94 valence electrons. The van der Waals surface area contributed by atoms with Crippen molar-refractivity contribution in [2.24, 2.45) is 0 Å². The second-order valence-corrected chi connectivity index (χ2v) is 3.70. The summed E-state index contributed by atoms with van der Waals surface area (Å²) in [4.78, 5) is 13.9. The zero-order valence-electron chi connectivity index (χ0n) is 8.94. The topological polar surface area (TPSA) is 56.0 Å². The molecule has 0 amide bonds. The van der Waals surface area contributed by atoms with E-state index < -0.39 is 17.5 Å². The highest BCUT2D eigenvalue weighted by atomic mass is 19.4. The monoisotopic (exact) mass is 256 g/mol. The smallest absolute Gasteiger partial charge is 0.258 e. The summed E-state index contributed by atoms with van der Waals surface area (Å²) in [5, 5.41) is 11.1. The number of rotatable bonds is 2. The van der Waals surface area contributed by atoms with E-state index in [2.05, 4.69) is 4.98 Å². The summed E-state index contributed by atoms with van der Waals surface area (Å²) in [6, 6.07) is 6.91. The third-order valence-corrected chi connectivity index (χ3v) is 2.33. The molecule has 0 N–H and O–H groups in total. The van der Waals surface area contributed by atoms with Gasteiger partial charge in [0.2, 0.25) is 0 Å². The minimum absolute atomic E-state index is 0.186. The molecule has 0 fully saturated rings. The molecule has 2 rings (SSSR count). The average molecular weight is 256 g/mol. The number of benzene rings is 1. The van der Waals surface area contributed by atoms with E-state index in [1.54, 1.807) is 12.1 Å². The average Bonchev–Trinajstić information content (AvgIpc) is 2.25. The van der Waals surface area contributed by atoms with E-state index in [-0.39, 0.29) is 22.3 Å². The summed E-state index contributed by atoms with van der Waals surface area (Å²) < 4.78 is 36.8. The van der Waals surface area contributed by atoms with Gasteiger partial charge >= 0.3 is 6.18 Å². The fourth-order valence-corrected chi connectivity index (χ4v) is 1.66. The molecule has 0 atom stereocenters. The number of hydrogen-bond donors (Lipinski definition) is 0. The molecule has 0 aliphatic carbocycles. The highest BCUT2D eigenvalue weighted by Crippen LogP contribution is 2.28. The van der Waals surface area contributed by atoms with Crippen LogP contribution in [0.4, 0.5) is 18.9 Å². The minimum atomic E-state index is -4.44. The second-order valence-electron chi connectivity index (χ2n) is 3.70. The molecule has 0 bridgehead atoms. The Morgan fingerprint density at radius 3 is 2.56 bits per heavy atom. The van der Waals surface area contributed by atoms with Crippen LogP contribution in [0.15, 0.2) is 30.3 Å². The molecule has 2 aromatic rings. The predicted molar refractivity (Wildman–Crippen MR) is 58.2 cm³/mol. The Kier molecular flexibility index (Phi) is 2.90. The van der Waals surface area contributed by atoms with E-state index >= 15 is 0 Å². The molecule has 0 saturated carbocycles. The highest BCUT2D eigenvalue weighted by Gasteiger charge is 2.29. The van der Waals surface area contributed by atoms with Gasteiger partial charge in [0.1, 0.15) is 0 Å². The molecular weight excluding hydrogens is 249 g/mol. The Bertz CT molecular complexity index is 611. The first-order chi connectivity index (χ1) is 8.37. The summed E-state index contributed by atoms with van der Waals surface area (Å²) in [7, 11) is 0. The van der Waals surface area contributed by atoms with Gasteiger partial charge in [-0.05, 0) is 12.1 Å². The van der Waals surface area contributed by atoms with Crippen molar-refractivity contribution in [3.63, 3.8) is 0 Å². The standard InChI is InChI=1S/C11H7F3N2O2/c12-11(13,14)6-7-5-10(16(17)18)8-3-1-2-4-9(8)15-7/h1-5H,6H2. The van der Waals surface area contributed by atoms with Gasteiger partial charge in [0.05, 0.1) is 27.9 Å². The summed E-state index contributed by atoms with van der Waals surface area (Å²) >= 11 is 0. The lowest BCUT2D eigenvalue weighted by atomic mass is 10.1. The SMILES string of the molecule is O=[N+]([O-])c1cc(CC(F)(F)F)nc2ccccc12. The fraction of sp³-hybridized carbons (Fsp3) is 0.182. The van der Waals surface area contributed by atoms with Crippen molar-refractivity contribution in [2.75, 3.05) is 0 Å². The molecule has 0 saturated heterocycles. The number of hydrogen-bond acceptors (Lipinski definition) is 3. The summed E-state index contributed by atoms with van der Waals surface area (Å²) in [6.45, 7) is 0. The van der Waals surface area contributed by atoms with E-state index in [9.17, 15) is 23.3 Å². The zero-order chi connectivity index (χ0) is 13.3. The lowest BCUT2D eigenvalue weighted by molar-refractivity contribution is -0.383. The van der Waals surface area contributed by atoms with Crippen LogP contribution < -0.4 is 0 Å². The zero-order valence-corrected chi connectivity index (χ0v) is 8.94. The third-order valence-electron chi connectivity index (χ3n) is 2.33. The summed E-state index contributed by atoms with van der Waals surface area (Å²) in [6.07, 6.45) is -5.72. The van der Waals surface area contributed by atoms with Crippen molar-refractivity contribution in [2.45, 2.75) is 12.6 Å². The van der Waals surface area contributed by atoms with Crippen molar-refractivity contribution in [1.29, 1.82) is 0 Å². The van der Waals surface area contributed by atoms with Crippen LogP contribution in [0.2, 0.25) is 0 Å². The first-order valence-electron chi connectivity index (χ1n) is 4.96. The number of halogens is 3. The Labute approximate surface area is 99.2 Å². The molecule has 0 unspecified atom stereocenters. The lowest BCUT2D eigenvalue weighted by Crippen LogP contribution is -2.13. The van der Waals surface area contributed by atoms with Crippen LogP contribution in [0.5, 0.6) is 0 Å². The van der Waals surface area contributed by atoms with Gasteiger partial charge in [-0.15, -0.1) is 0 Å². The molecular formula is C11H7F3N2O2. The van der Waals surface area contributed by atoms with Gasteiger partial charge in [0.25, 0.3) is 5.69 Å². The van der Waals surface area contributed by atoms with Gasteiger partial charge in [0.15, 0.2) is 0 Å². The van der Waals surface area contributed by atoms with E-state index in [4.69, 9.17) is 0 Å². The Morgan fingerprint density at radius 1 is 1.28 bits per heavy atom. The van der Waals surface area contributed by atoms with Crippen LogP contribution >= 0.6 is 0 Å². The van der Waals surface area contributed by atoms with Crippen molar-refractivity contribution < 1.29 is 18.1 Å². The molecule has 18 heavy (non-hydrogen) atoms. The molecule has 0 radical (unpaired) electrons. The summed E-state index contributed by atoms with van der Waals surface area (Å²) in [5.74, 6) is 0. The first kappa shape index (κ1) is 12.3. The maximum Gasteiger partial charge on any atom is 0.394 e. The number of para-hydroxylation sites is 1.